The highest BCUT2D eigenvalue weighted by Crippen LogP contribution is 2.37. The fraction of sp³-hybridized carbons (Fsp3) is 0.167. The quantitative estimate of drug-likeness (QED) is 0.750. The summed E-state index contributed by atoms with van der Waals surface area (Å²) in [7, 11) is 0. The zero-order valence-corrected chi connectivity index (χ0v) is 11.9. The number of thiophene rings is 1. The zero-order valence-electron chi connectivity index (χ0n) is 10.3. The summed E-state index contributed by atoms with van der Waals surface area (Å²) in [5, 5.41) is 3.78. The van der Waals surface area contributed by atoms with E-state index in [-0.39, 0.29) is 19.1 Å². The van der Waals surface area contributed by atoms with Gasteiger partial charge in [-0.3, -0.25) is 4.79 Å². The van der Waals surface area contributed by atoms with Gasteiger partial charge in [-0.05, 0) is 12.1 Å². The van der Waals surface area contributed by atoms with Crippen molar-refractivity contribution in [3.63, 3.8) is 0 Å². The average Bonchev–Trinajstić information content (AvgIpc) is 2.73. The molecule has 5 N–H and O–H groups in total. The summed E-state index contributed by atoms with van der Waals surface area (Å²) in [4.78, 5) is 22.8. The van der Waals surface area contributed by atoms with Gasteiger partial charge in [-0.2, -0.15) is 0 Å². The number of carbonyl (C=O) groups excluding carboxylic acids is 2. The normalized spacial score (nSPS) is 10.4. The largest absolute Gasteiger partial charge is 0.448 e. The molecule has 0 unspecified atom stereocenters. The molecule has 0 aliphatic rings. The van der Waals surface area contributed by atoms with Crippen molar-refractivity contribution in [3.05, 3.63) is 28.1 Å². The number of ether oxygens (including phenoxy) is 1. The monoisotopic (exact) mass is 313 g/mol. The first-order valence-electron chi connectivity index (χ1n) is 5.67. The molecular weight excluding hydrogens is 302 g/mol. The Labute approximate surface area is 123 Å². The van der Waals surface area contributed by atoms with E-state index in [0.29, 0.717) is 21.0 Å². The molecule has 0 saturated heterocycles. The molecule has 1 heterocycles. The molecular formula is C12H12ClN3O3S. The van der Waals surface area contributed by atoms with Crippen molar-refractivity contribution in [3.8, 4) is 0 Å². The predicted octanol–water partition coefficient (Wildman–Crippen LogP) is 1.96. The number of nitrogens with two attached hydrogens (primary N) is 2. The number of amides is 2. The van der Waals surface area contributed by atoms with Crippen LogP contribution in [0.1, 0.15) is 9.67 Å². The Balaban J connectivity index is 2.13. The van der Waals surface area contributed by atoms with Gasteiger partial charge in [-0.15, -0.1) is 11.3 Å². The van der Waals surface area contributed by atoms with Crippen LogP contribution in [0.4, 0.5) is 10.5 Å². The second-order valence-corrected chi connectivity index (χ2v) is 5.34. The highest BCUT2D eigenvalue weighted by molar-refractivity contribution is 7.21. The van der Waals surface area contributed by atoms with Crippen LogP contribution in [0.25, 0.3) is 10.1 Å². The second kappa shape index (κ2) is 5.98. The van der Waals surface area contributed by atoms with Crippen LogP contribution in [0.15, 0.2) is 18.2 Å². The van der Waals surface area contributed by atoms with Gasteiger partial charge in [0, 0.05) is 10.1 Å². The summed E-state index contributed by atoms with van der Waals surface area (Å²) in [5.41, 5.74) is 11.1. The van der Waals surface area contributed by atoms with Gasteiger partial charge in [0.2, 0.25) is 0 Å². The third-order valence-electron chi connectivity index (χ3n) is 2.54. The van der Waals surface area contributed by atoms with Crippen LogP contribution in [-0.2, 0) is 4.74 Å². The lowest BCUT2D eigenvalue weighted by atomic mass is 10.2. The van der Waals surface area contributed by atoms with Gasteiger partial charge in [-0.1, -0.05) is 17.7 Å². The van der Waals surface area contributed by atoms with Gasteiger partial charge in [-0.25, -0.2) is 4.79 Å². The summed E-state index contributed by atoms with van der Waals surface area (Å²) in [6.07, 6.45) is -0.882. The van der Waals surface area contributed by atoms with Crippen molar-refractivity contribution >= 4 is 50.7 Å². The molecule has 0 atom stereocenters. The summed E-state index contributed by atoms with van der Waals surface area (Å²) in [5.74, 6) is -0.340. The SMILES string of the molecule is NC(=O)OCCNC(=O)c1sc2cccc(Cl)c2c1N. The number of nitrogen functional groups attached to an aromatic ring is 1. The topological polar surface area (TPSA) is 107 Å². The maximum absolute atomic E-state index is 12.0. The average molecular weight is 314 g/mol. The van der Waals surface area contributed by atoms with E-state index >= 15 is 0 Å². The Bertz CT molecular complexity index is 671. The lowest BCUT2D eigenvalue weighted by Gasteiger charge is -2.04. The molecule has 1 aromatic heterocycles. The number of fused-ring (bicyclic) bond motifs is 1. The fourth-order valence-electron chi connectivity index (χ4n) is 1.69. The van der Waals surface area contributed by atoms with Gasteiger partial charge < -0.3 is 21.5 Å². The van der Waals surface area contributed by atoms with Crippen LogP contribution in [0, 0.1) is 0 Å². The molecule has 0 radical (unpaired) electrons. The molecule has 0 aliphatic carbocycles. The van der Waals surface area contributed by atoms with E-state index in [4.69, 9.17) is 23.1 Å². The number of nitrogens with one attached hydrogen (secondary N) is 1. The molecule has 0 saturated carbocycles. The van der Waals surface area contributed by atoms with E-state index in [1.807, 2.05) is 6.07 Å². The van der Waals surface area contributed by atoms with Gasteiger partial charge in [0.1, 0.15) is 11.5 Å². The molecule has 0 spiro atoms. The first-order chi connectivity index (χ1) is 9.50. The van der Waals surface area contributed by atoms with Crippen molar-refractivity contribution in [1.29, 1.82) is 0 Å². The van der Waals surface area contributed by atoms with Crippen LogP contribution in [0.3, 0.4) is 0 Å². The van der Waals surface area contributed by atoms with Crippen molar-refractivity contribution in [1.82, 2.24) is 5.32 Å². The van der Waals surface area contributed by atoms with E-state index in [1.165, 1.54) is 11.3 Å². The molecule has 2 amide bonds. The molecule has 1 aromatic carbocycles. The molecule has 8 heteroatoms. The lowest BCUT2D eigenvalue weighted by molar-refractivity contribution is 0.0941. The molecule has 2 aromatic rings. The summed E-state index contributed by atoms with van der Waals surface area (Å²) in [6, 6.07) is 5.35. The number of halogens is 1. The number of anilines is 1. The van der Waals surface area contributed by atoms with E-state index in [0.717, 1.165) is 4.70 Å². The van der Waals surface area contributed by atoms with E-state index in [9.17, 15) is 9.59 Å². The Morgan fingerprint density at radius 3 is 2.80 bits per heavy atom. The van der Waals surface area contributed by atoms with Crippen LogP contribution in [0.2, 0.25) is 5.02 Å². The Morgan fingerprint density at radius 2 is 2.15 bits per heavy atom. The molecule has 106 valence electrons. The van der Waals surface area contributed by atoms with Crippen LogP contribution in [0.5, 0.6) is 0 Å². The number of carbonyl (C=O) groups is 2. The number of hydrogen-bond acceptors (Lipinski definition) is 5. The Morgan fingerprint density at radius 1 is 1.40 bits per heavy atom. The summed E-state index contributed by atoms with van der Waals surface area (Å²) in [6.45, 7) is 0.163. The van der Waals surface area contributed by atoms with Crippen molar-refractivity contribution in [2.24, 2.45) is 5.73 Å². The zero-order chi connectivity index (χ0) is 14.7. The van der Waals surface area contributed by atoms with Crippen molar-refractivity contribution in [2.45, 2.75) is 0 Å². The third-order valence-corrected chi connectivity index (χ3v) is 4.02. The van der Waals surface area contributed by atoms with Gasteiger partial charge in [0.15, 0.2) is 0 Å². The maximum Gasteiger partial charge on any atom is 0.404 e. The molecule has 6 nitrogen and oxygen atoms in total. The fourth-order valence-corrected chi connectivity index (χ4v) is 3.09. The molecule has 0 bridgehead atoms. The lowest BCUT2D eigenvalue weighted by Crippen LogP contribution is -2.28. The number of rotatable bonds is 4. The van der Waals surface area contributed by atoms with Crippen molar-refractivity contribution in [2.75, 3.05) is 18.9 Å². The third kappa shape index (κ3) is 2.94. The predicted molar refractivity (Wildman–Crippen MR) is 79.1 cm³/mol. The van der Waals surface area contributed by atoms with Gasteiger partial charge >= 0.3 is 6.09 Å². The van der Waals surface area contributed by atoms with E-state index in [2.05, 4.69) is 10.1 Å². The van der Waals surface area contributed by atoms with Crippen LogP contribution in [-0.4, -0.2) is 25.2 Å². The first kappa shape index (κ1) is 14.4. The van der Waals surface area contributed by atoms with Gasteiger partial charge in [0.25, 0.3) is 5.91 Å². The van der Waals surface area contributed by atoms with Crippen LogP contribution < -0.4 is 16.8 Å². The summed E-state index contributed by atoms with van der Waals surface area (Å²) >= 11 is 7.32. The molecule has 2 rings (SSSR count). The smallest absolute Gasteiger partial charge is 0.404 e. The first-order valence-corrected chi connectivity index (χ1v) is 6.87. The second-order valence-electron chi connectivity index (χ2n) is 3.88. The minimum absolute atomic E-state index is 0.00658. The maximum atomic E-state index is 12.0. The van der Waals surface area contributed by atoms with E-state index in [1.54, 1.807) is 12.1 Å². The van der Waals surface area contributed by atoms with Crippen molar-refractivity contribution < 1.29 is 14.3 Å². The van der Waals surface area contributed by atoms with E-state index < -0.39 is 6.09 Å². The number of primary amides is 1. The molecule has 0 aliphatic heterocycles. The summed E-state index contributed by atoms with van der Waals surface area (Å²) < 4.78 is 5.35. The Hall–Kier alpha value is -1.99. The minimum atomic E-state index is -0.882. The molecule has 20 heavy (non-hydrogen) atoms. The number of hydrogen-bond donors (Lipinski definition) is 3. The Kier molecular flexibility index (Phi) is 4.31. The minimum Gasteiger partial charge on any atom is -0.448 e. The molecule has 0 fully saturated rings. The van der Waals surface area contributed by atoms with Crippen LogP contribution >= 0.6 is 22.9 Å². The van der Waals surface area contributed by atoms with Gasteiger partial charge in [0.05, 0.1) is 17.3 Å². The standard InChI is InChI=1S/C12H12ClN3O3S/c13-6-2-1-3-7-8(6)9(14)10(20-7)11(17)16-4-5-19-12(15)18/h1-3H,4-5,14H2,(H2,15,18)(H,16,17). The highest BCUT2D eigenvalue weighted by atomic mass is 35.5. The number of benzene rings is 1. The highest BCUT2D eigenvalue weighted by Gasteiger charge is 2.17.